The van der Waals surface area contributed by atoms with E-state index >= 15 is 0 Å². The van der Waals surface area contributed by atoms with Gasteiger partial charge in [-0.1, -0.05) is 23.2 Å². The molecule has 1 heterocycles. The quantitative estimate of drug-likeness (QED) is 0.601. The monoisotopic (exact) mass is 389 g/mol. The average molecular weight is 390 g/mol. The van der Waals surface area contributed by atoms with E-state index in [2.05, 4.69) is 5.10 Å². The lowest BCUT2D eigenvalue weighted by molar-refractivity contribution is 0.304. The third-order valence-electron chi connectivity index (χ3n) is 4.02. The van der Waals surface area contributed by atoms with E-state index in [0.717, 1.165) is 22.6 Å². The van der Waals surface area contributed by atoms with Crippen LogP contribution in [0, 0.1) is 31.0 Å². The highest BCUT2D eigenvalue weighted by molar-refractivity contribution is 6.32. The first-order chi connectivity index (χ1) is 12.4. The van der Waals surface area contributed by atoms with Crippen molar-refractivity contribution >= 4 is 23.2 Å². The number of aryl methyl sites for hydroxylation is 1. The molecule has 1 aromatic heterocycles. The number of aromatic nitrogens is 2. The third-order valence-corrected chi connectivity index (χ3v) is 4.63. The van der Waals surface area contributed by atoms with Gasteiger partial charge < -0.3 is 4.74 Å². The Kier molecular flexibility index (Phi) is 5.17. The summed E-state index contributed by atoms with van der Waals surface area (Å²) in [5.41, 5.74) is 3.72. The molecule has 4 nitrogen and oxygen atoms in total. The second-order valence-electron chi connectivity index (χ2n) is 5.70. The van der Waals surface area contributed by atoms with Crippen LogP contribution in [0.25, 0.3) is 5.69 Å². The Labute approximate surface area is 160 Å². The molecule has 0 unspecified atom stereocenters. The Bertz CT molecular complexity index is 1020. The van der Waals surface area contributed by atoms with Crippen LogP contribution in [0.3, 0.4) is 0 Å². The Morgan fingerprint density at radius 2 is 1.92 bits per heavy atom. The smallest absolute Gasteiger partial charge is 0.138 e. The van der Waals surface area contributed by atoms with Crippen LogP contribution < -0.4 is 4.74 Å². The number of ether oxygens (including phenoxy) is 1. The minimum Gasteiger partial charge on any atom is -0.487 e. The van der Waals surface area contributed by atoms with E-state index in [4.69, 9.17) is 33.2 Å². The van der Waals surface area contributed by atoms with Crippen LogP contribution in [0.4, 0.5) is 4.39 Å². The third kappa shape index (κ3) is 3.52. The minimum absolute atomic E-state index is 0.214. The van der Waals surface area contributed by atoms with E-state index in [-0.39, 0.29) is 11.6 Å². The topological polar surface area (TPSA) is 50.8 Å². The fourth-order valence-electron chi connectivity index (χ4n) is 2.60. The van der Waals surface area contributed by atoms with Crippen LogP contribution in [-0.2, 0) is 6.61 Å². The standard InChI is InChI=1S/C19H14Cl2FN3O/c1-11-16(10-26-19-6-4-14(22)7-18(19)21)12(2)25(24-11)15-5-3-13(9-23)17(20)8-15/h3-8H,10H2,1-2H3. The van der Waals surface area contributed by atoms with Gasteiger partial charge in [0, 0.05) is 11.3 Å². The first-order valence-electron chi connectivity index (χ1n) is 7.73. The summed E-state index contributed by atoms with van der Waals surface area (Å²) in [6.45, 7) is 4.03. The molecule has 0 radical (unpaired) electrons. The molecule has 7 heteroatoms. The molecule has 0 saturated heterocycles. The molecular weight excluding hydrogens is 376 g/mol. The van der Waals surface area contributed by atoms with Gasteiger partial charge in [-0.15, -0.1) is 0 Å². The Morgan fingerprint density at radius 1 is 1.15 bits per heavy atom. The molecule has 0 aliphatic heterocycles. The van der Waals surface area contributed by atoms with Gasteiger partial charge in [-0.2, -0.15) is 10.4 Å². The number of halogens is 3. The summed E-state index contributed by atoms with van der Waals surface area (Å²) in [6, 6.07) is 11.2. The summed E-state index contributed by atoms with van der Waals surface area (Å²) in [5, 5.41) is 14.1. The number of hydrogen-bond donors (Lipinski definition) is 0. The van der Waals surface area contributed by atoms with Crippen LogP contribution in [-0.4, -0.2) is 9.78 Å². The van der Waals surface area contributed by atoms with E-state index < -0.39 is 5.82 Å². The van der Waals surface area contributed by atoms with Gasteiger partial charge in [0.2, 0.25) is 0 Å². The van der Waals surface area contributed by atoms with Crippen LogP contribution in [0.1, 0.15) is 22.5 Å². The van der Waals surface area contributed by atoms with Crippen molar-refractivity contribution < 1.29 is 9.13 Å². The minimum atomic E-state index is -0.416. The zero-order valence-electron chi connectivity index (χ0n) is 14.1. The second-order valence-corrected chi connectivity index (χ2v) is 6.51. The summed E-state index contributed by atoms with van der Waals surface area (Å²) in [7, 11) is 0. The molecule has 3 aromatic rings. The summed E-state index contributed by atoms with van der Waals surface area (Å²) in [4.78, 5) is 0. The number of rotatable bonds is 4. The molecule has 0 bridgehead atoms. The van der Waals surface area contributed by atoms with Gasteiger partial charge in [0.15, 0.2) is 0 Å². The molecule has 0 fully saturated rings. The average Bonchev–Trinajstić information content (AvgIpc) is 2.88. The van der Waals surface area contributed by atoms with E-state index in [0.29, 0.717) is 16.3 Å². The molecule has 0 amide bonds. The van der Waals surface area contributed by atoms with Gasteiger partial charge >= 0.3 is 0 Å². The predicted molar refractivity (Wildman–Crippen MR) is 98.5 cm³/mol. The van der Waals surface area contributed by atoms with E-state index in [1.807, 2.05) is 19.9 Å². The second kappa shape index (κ2) is 7.36. The number of nitriles is 1. The molecule has 132 valence electrons. The zero-order valence-corrected chi connectivity index (χ0v) is 15.6. The number of hydrogen-bond acceptors (Lipinski definition) is 3. The van der Waals surface area contributed by atoms with Gasteiger partial charge in [-0.3, -0.25) is 0 Å². The summed E-state index contributed by atoms with van der Waals surface area (Å²) in [6.07, 6.45) is 0. The molecule has 0 saturated carbocycles. The molecule has 0 aliphatic carbocycles. The lowest BCUT2D eigenvalue weighted by atomic mass is 10.2. The summed E-state index contributed by atoms with van der Waals surface area (Å²) < 4.78 is 20.6. The van der Waals surface area contributed by atoms with Gasteiger partial charge in [-0.05, 0) is 50.2 Å². The van der Waals surface area contributed by atoms with Crippen LogP contribution >= 0.6 is 23.2 Å². The first kappa shape index (κ1) is 18.2. The molecule has 3 rings (SSSR count). The maximum absolute atomic E-state index is 13.1. The Balaban J connectivity index is 1.88. The predicted octanol–water partition coefficient (Wildman–Crippen LogP) is 5.39. The lowest BCUT2D eigenvalue weighted by Crippen LogP contribution is -2.02. The molecule has 0 aliphatic rings. The first-order valence-corrected chi connectivity index (χ1v) is 8.49. The van der Waals surface area contributed by atoms with Gasteiger partial charge in [0.1, 0.15) is 24.2 Å². The highest BCUT2D eigenvalue weighted by Crippen LogP contribution is 2.27. The highest BCUT2D eigenvalue weighted by Gasteiger charge is 2.15. The molecule has 0 spiro atoms. The maximum Gasteiger partial charge on any atom is 0.138 e. The van der Waals surface area contributed by atoms with Crippen molar-refractivity contribution in [2.24, 2.45) is 0 Å². The largest absolute Gasteiger partial charge is 0.487 e. The summed E-state index contributed by atoms with van der Waals surface area (Å²) in [5.74, 6) is -0.0127. The lowest BCUT2D eigenvalue weighted by Gasteiger charge is -2.09. The van der Waals surface area contributed by atoms with E-state index in [9.17, 15) is 4.39 Å². The van der Waals surface area contributed by atoms with Gasteiger partial charge in [-0.25, -0.2) is 9.07 Å². The molecule has 0 N–H and O–H groups in total. The van der Waals surface area contributed by atoms with Crippen LogP contribution in [0.15, 0.2) is 36.4 Å². The van der Waals surface area contributed by atoms with Crippen LogP contribution in [0.2, 0.25) is 10.0 Å². The van der Waals surface area contributed by atoms with Crippen molar-refractivity contribution in [1.29, 1.82) is 5.26 Å². The number of nitrogens with zero attached hydrogens (tertiary/aromatic N) is 3. The van der Waals surface area contributed by atoms with Crippen molar-refractivity contribution in [3.05, 3.63) is 74.8 Å². The fourth-order valence-corrected chi connectivity index (χ4v) is 3.04. The van der Waals surface area contributed by atoms with Crippen molar-refractivity contribution in [2.45, 2.75) is 20.5 Å². The maximum atomic E-state index is 13.1. The van der Waals surface area contributed by atoms with E-state index in [1.54, 1.807) is 22.9 Å². The van der Waals surface area contributed by atoms with Crippen molar-refractivity contribution in [1.82, 2.24) is 9.78 Å². The SMILES string of the molecule is Cc1nn(-c2ccc(C#N)c(Cl)c2)c(C)c1COc1ccc(F)cc1Cl. The Hall–Kier alpha value is -2.55. The molecule has 0 atom stereocenters. The van der Waals surface area contributed by atoms with Crippen molar-refractivity contribution in [2.75, 3.05) is 0 Å². The van der Waals surface area contributed by atoms with Crippen molar-refractivity contribution in [3.8, 4) is 17.5 Å². The molecule has 26 heavy (non-hydrogen) atoms. The number of benzene rings is 2. The van der Waals surface area contributed by atoms with E-state index in [1.165, 1.54) is 18.2 Å². The van der Waals surface area contributed by atoms with Crippen molar-refractivity contribution in [3.63, 3.8) is 0 Å². The van der Waals surface area contributed by atoms with Gasteiger partial charge in [0.05, 0.1) is 27.0 Å². The van der Waals surface area contributed by atoms with Gasteiger partial charge in [0.25, 0.3) is 0 Å². The molecular formula is C19H14Cl2FN3O. The summed E-state index contributed by atoms with van der Waals surface area (Å²) >= 11 is 12.1. The highest BCUT2D eigenvalue weighted by atomic mass is 35.5. The zero-order chi connectivity index (χ0) is 18.8. The normalized spacial score (nSPS) is 10.6. The fraction of sp³-hybridized carbons (Fsp3) is 0.158. The molecule has 2 aromatic carbocycles. The Morgan fingerprint density at radius 3 is 2.58 bits per heavy atom. The van der Waals surface area contributed by atoms with Crippen LogP contribution in [0.5, 0.6) is 5.75 Å².